The summed E-state index contributed by atoms with van der Waals surface area (Å²) in [6.07, 6.45) is 4.99. The SMILES string of the molecule is CCC(CC)(Cc1ccc(Cl)cc1)NC(=O)c1cnn2c1NC(c1ccccc1)CC2(C)C. The summed E-state index contributed by atoms with van der Waals surface area (Å²) >= 11 is 6.06. The van der Waals surface area contributed by atoms with Crippen LogP contribution in [0.5, 0.6) is 0 Å². The fourth-order valence-corrected chi connectivity index (χ4v) is 4.95. The molecule has 0 aliphatic carbocycles. The van der Waals surface area contributed by atoms with E-state index in [-0.39, 0.29) is 23.0 Å². The predicted molar refractivity (Wildman–Crippen MR) is 135 cm³/mol. The molecule has 0 saturated carbocycles. The second kappa shape index (κ2) is 9.22. The zero-order valence-electron chi connectivity index (χ0n) is 19.9. The number of rotatable bonds is 7. The first-order valence-corrected chi connectivity index (χ1v) is 12.1. The Morgan fingerprint density at radius 1 is 1.15 bits per heavy atom. The van der Waals surface area contributed by atoms with Crippen molar-refractivity contribution in [1.82, 2.24) is 15.1 Å². The molecule has 2 aromatic carbocycles. The number of nitrogens with one attached hydrogen (secondary N) is 2. The van der Waals surface area contributed by atoms with Crippen molar-refractivity contribution in [1.29, 1.82) is 0 Å². The van der Waals surface area contributed by atoms with Gasteiger partial charge in [0, 0.05) is 10.6 Å². The van der Waals surface area contributed by atoms with Crippen LogP contribution < -0.4 is 10.6 Å². The highest BCUT2D eigenvalue weighted by Crippen LogP contribution is 2.40. The van der Waals surface area contributed by atoms with E-state index in [0.29, 0.717) is 5.56 Å². The molecule has 1 amide bonds. The third-order valence-electron chi connectivity index (χ3n) is 6.99. The van der Waals surface area contributed by atoms with Crippen molar-refractivity contribution in [2.75, 3.05) is 5.32 Å². The summed E-state index contributed by atoms with van der Waals surface area (Å²) in [5.41, 5.74) is 2.40. The van der Waals surface area contributed by atoms with Crippen LogP contribution in [0.15, 0.2) is 60.8 Å². The molecule has 5 nitrogen and oxygen atoms in total. The van der Waals surface area contributed by atoms with Crippen molar-refractivity contribution in [2.24, 2.45) is 0 Å². The van der Waals surface area contributed by atoms with Gasteiger partial charge >= 0.3 is 0 Å². The van der Waals surface area contributed by atoms with Crippen LogP contribution in [0.1, 0.15) is 74.5 Å². The van der Waals surface area contributed by atoms with Crippen LogP contribution >= 0.6 is 11.6 Å². The normalized spacial score (nSPS) is 17.2. The fourth-order valence-electron chi connectivity index (χ4n) is 4.82. The Hall–Kier alpha value is -2.79. The number of carbonyl (C=O) groups excluding carboxylic acids is 1. The predicted octanol–water partition coefficient (Wildman–Crippen LogP) is 6.36. The molecule has 1 atom stereocenters. The van der Waals surface area contributed by atoms with Gasteiger partial charge in [-0.1, -0.05) is 67.9 Å². The molecule has 1 unspecified atom stereocenters. The monoisotopic (exact) mass is 464 g/mol. The van der Waals surface area contributed by atoms with Gasteiger partial charge in [0.1, 0.15) is 11.4 Å². The number of amides is 1. The first-order chi connectivity index (χ1) is 15.8. The van der Waals surface area contributed by atoms with E-state index in [9.17, 15) is 4.79 Å². The number of hydrogen-bond acceptors (Lipinski definition) is 3. The molecule has 0 bridgehead atoms. The van der Waals surface area contributed by atoms with Crippen molar-refractivity contribution < 1.29 is 4.79 Å². The summed E-state index contributed by atoms with van der Waals surface area (Å²) in [7, 11) is 0. The Morgan fingerprint density at radius 3 is 2.45 bits per heavy atom. The molecule has 174 valence electrons. The van der Waals surface area contributed by atoms with Crippen molar-refractivity contribution in [3.63, 3.8) is 0 Å². The molecule has 1 aromatic heterocycles. The Labute approximate surface area is 201 Å². The number of carbonyl (C=O) groups is 1. The smallest absolute Gasteiger partial charge is 0.257 e. The second-order valence-corrected chi connectivity index (χ2v) is 10.1. The number of fused-ring (bicyclic) bond motifs is 1. The highest BCUT2D eigenvalue weighted by Gasteiger charge is 2.38. The molecule has 1 aliphatic heterocycles. The van der Waals surface area contributed by atoms with Crippen LogP contribution in [0.3, 0.4) is 0 Å². The lowest BCUT2D eigenvalue weighted by Gasteiger charge is -2.38. The van der Waals surface area contributed by atoms with Crippen LogP contribution in [0, 0.1) is 0 Å². The van der Waals surface area contributed by atoms with Gasteiger partial charge in [0.25, 0.3) is 5.91 Å². The van der Waals surface area contributed by atoms with E-state index in [1.807, 2.05) is 35.0 Å². The molecule has 1 aliphatic rings. The number of aromatic nitrogens is 2. The molecule has 2 heterocycles. The first kappa shape index (κ1) is 23.4. The zero-order chi connectivity index (χ0) is 23.6. The van der Waals surface area contributed by atoms with Gasteiger partial charge in [0.2, 0.25) is 0 Å². The molecule has 0 spiro atoms. The lowest BCUT2D eigenvalue weighted by Crippen LogP contribution is -2.49. The topological polar surface area (TPSA) is 59.0 Å². The van der Waals surface area contributed by atoms with E-state index in [2.05, 4.69) is 67.7 Å². The minimum absolute atomic E-state index is 0.0917. The number of nitrogens with zero attached hydrogens (tertiary/aromatic N) is 2. The third-order valence-corrected chi connectivity index (χ3v) is 7.24. The van der Waals surface area contributed by atoms with Gasteiger partial charge in [-0.2, -0.15) is 5.10 Å². The molecular weight excluding hydrogens is 432 g/mol. The number of anilines is 1. The second-order valence-electron chi connectivity index (χ2n) is 9.69. The maximum Gasteiger partial charge on any atom is 0.257 e. The molecule has 6 heteroatoms. The quantitative estimate of drug-likeness (QED) is 0.427. The lowest BCUT2D eigenvalue weighted by atomic mass is 9.85. The van der Waals surface area contributed by atoms with E-state index in [0.717, 1.165) is 42.1 Å². The summed E-state index contributed by atoms with van der Waals surface area (Å²) in [6.45, 7) is 8.59. The number of benzene rings is 2. The van der Waals surface area contributed by atoms with E-state index in [1.54, 1.807) is 6.20 Å². The summed E-state index contributed by atoms with van der Waals surface area (Å²) in [6, 6.07) is 18.4. The first-order valence-electron chi connectivity index (χ1n) is 11.7. The summed E-state index contributed by atoms with van der Waals surface area (Å²) in [5, 5.41) is 12.3. The van der Waals surface area contributed by atoms with Crippen molar-refractivity contribution in [3.8, 4) is 0 Å². The van der Waals surface area contributed by atoms with Gasteiger partial charge < -0.3 is 10.6 Å². The fraction of sp³-hybridized carbons (Fsp3) is 0.407. The van der Waals surface area contributed by atoms with Gasteiger partial charge in [0.05, 0.1) is 17.8 Å². The van der Waals surface area contributed by atoms with Crippen molar-refractivity contribution >= 4 is 23.3 Å². The average Bonchev–Trinajstić information content (AvgIpc) is 3.26. The van der Waals surface area contributed by atoms with Crippen molar-refractivity contribution in [3.05, 3.63) is 82.5 Å². The third kappa shape index (κ3) is 4.79. The molecule has 0 radical (unpaired) electrons. The molecule has 2 N–H and O–H groups in total. The highest BCUT2D eigenvalue weighted by molar-refractivity contribution is 6.30. The summed E-state index contributed by atoms with van der Waals surface area (Å²) < 4.78 is 1.96. The minimum Gasteiger partial charge on any atom is -0.363 e. The van der Waals surface area contributed by atoms with Crippen LogP contribution in [0.4, 0.5) is 5.82 Å². The Bertz CT molecular complexity index is 1100. The number of hydrogen-bond donors (Lipinski definition) is 2. The summed E-state index contributed by atoms with van der Waals surface area (Å²) in [5.74, 6) is 0.691. The maximum atomic E-state index is 13.6. The molecular formula is C27H33ClN4O. The number of halogens is 1. The largest absolute Gasteiger partial charge is 0.363 e. The summed E-state index contributed by atoms with van der Waals surface area (Å²) in [4.78, 5) is 13.6. The van der Waals surface area contributed by atoms with Crippen LogP contribution in [-0.4, -0.2) is 21.2 Å². The standard InChI is InChI=1S/C27H33ClN4O/c1-5-27(6-2,16-19-12-14-21(28)15-13-19)31-25(33)22-18-29-32-24(22)30-23(17-26(32,3)4)20-10-8-7-9-11-20/h7-15,18,23,30H,5-6,16-17H2,1-4H3,(H,31,33). The van der Waals surface area contributed by atoms with Gasteiger partial charge in [-0.15, -0.1) is 0 Å². The van der Waals surface area contributed by atoms with E-state index in [1.165, 1.54) is 5.56 Å². The average molecular weight is 465 g/mol. The van der Waals surface area contributed by atoms with E-state index in [4.69, 9.17) is 11.6 Å². The Kier molecular flexibility index (Phi) is 6.53. The lowest BCUT2D eigenvalue weighted by molar-refractivity contribution is 0.0891. The Morgan fingerprint density at radius 2 is 1.82 bits per heavy atom. The van der Waals surface area contributed by atoms with Gasteiger partial charge in [-0.3, -0.25) is 4.79 Å². The molecule has 0 fully saturated rings. The molecule has 4 rings (SSSR count). The highest BCUT2D eigenvalue weighted by atomic mass is 35.5. The van der Waals surface area contributed by atoms with Crippen molar-refractivity contribution in [2.45, 2.75) is 70.5 Å². The van der Waals surface area contributed by atoms with Crippen LogP contribution in [-0.2, 0) is 12.0 Å². The maximum absolute atomic E-state index is 13.6. The van der Waals surface area contributed by atoms with Crippen LogP contribution in [0.2, 0.25) is 5.02 Å². The van der Waals surface area contributed by atoms with Crippen LogP contribution in [0.25, 0.3) is 0 Å². The van der Waals surface area contributed by atoms with Gasteiger partial charge in [0.15, 0.2) is 0 Å². The van der Waals surface area contributed by atoms with Gasteiger partial charge in [-0.25, -0.2) is 4.68 Å². The minimum atomic E-state index is -0.344. The molecule has 3 aromatic rings. The van der Waals surface area contributed by atoms with E-state index < -0.39 is 0 Å². The van der Waals surface area contributed by atoms with E-state index >= 15 is 0 Å². The molecule has 33 heavy (non-hydrogen) atoms. The Balaban J connectivity index is 1.61. The molecule has 0 saturated heterocycles. The van der Waals surface area contributed by atoms with Gasteiger partial charge in [-0.05, 0) is 62.8 Å². The zero-order valence-corrected chi connectivity index (χ0v) is 20.6.